The lowest BCUT2D eigenvalue weighted by Crippen LogP contribution is -2.33. The van der Waals surface area contributed by atoms with Crippen molar-refractivity contribution in [2.45, 2.75) is 56.8 Å². The van der Waals surface area contributed by atoms with Crippen molar-refractivity contribution in [1.82, 2.24) is 4.90 Å². The van der Waals surface area contributed by atoms with Crippen molar-refractivity contribution >= 4 is 23.2 Å². The largest absolute Gasteiger partial charge is 0.485 e. The van der Waals surface area contributed by atoms with Crippen molar-refractivity contribution in [3.63, 3.8) is 0 Å². The summed E-state index contributed by atoms with van der Waals surface area (Å²) in [6.45, 7) is 0.621. The van der Waals surface area contributed by atoms with Crippen molar-refractivity contribution in [3.8, 4) is 5.75 Å². The third-order valence-corrected chi connectivity index (χ3v) is 8.17. The Morgan fingerprint density at radius 1 is 1.16 bits per heavy atom. The van der Waals surface area contributed by atoms with E-state index in [2.05, 4.69) is 18.2 Å². The van der Waals surface area contributed by atoms with Gasteiger partial charge in [0.2, 0.25) is 5.91 Å². The monoisotopic (exact) mass is 517 g/mol. The number of rotatable bonds is 10. The maximum absolute atomic E-state index is 12.4. The molecule has 3 heterocycles. The van der Waals surface area contributed by atoms with Gasteiger partial charge in [0, 0.05) is 30.7 Å². The van der Waals surface area contributed by atoms with E-state index in [1.54, 1.807) is 6.07 Å². The van der Waals surface area contributed by atoms with Crippen LogP contribution in [0.4, 0.5) is 0 Å². The highest BCUT2D eigenvalue weighted by atomic mass is 32.1. The zero-order valence-corrected chi connectivity index (χ0v) is 21.4. The third kappa shape index (κ3) is 6.12. The van der Waals surface area contributed by atoms with Gasteiger partial charge in [0.1, 0.15) is 16.7 Å². The summed E-state index contributed by atoms with van der Waals surface area (Å²) in [4.78, 5) is 26.7. The molecule has 0 bridgehead atoms. The molecular formula is C30H31NO5S. The lowest BCUT2D eigenvalue weighted by atomic mass is 9.99. The zero-order chi connectivity index (χ0) is 25.8. The molecule has 6 nitrogen and oxygen atoms in total. The summed E-state index contributed by atoms with van der Waals surface area (Å²) in [5.74, 6) is 0.169. The molecule has 5 rings (SSSR count). The summed E-state index contributed by atoms with van der Waals surface area (Å²) < 4.78 is 6.12. The number of carbonyl (C=O) groups is 2. The normalized spacial score (nSPS) is 19.8. The Bertz CT molecular complexity index is 1270. The molecule has 0 radical (unpaired) electrons. The first kappa shape index (κ1) is 25.2. The number of aryl methyl sites for hydroxylation is 1. The highest BCUT2D eigenvalue weighted by Crippen LogP contribution is 2.36. The molecule has 3 atom stereocenters. The van der Waals surface area contributed by atoms with Crippen molar-refractivity contribution in [2.75, 3.05) is 6.54 Å². The first-order chi connectivity index (χ1) is 18.0. The fourth-order valence-electron chi connectivity index (χ4n) is 5.15. The van der Waals surface area contributed by atoms with Crippen molar-refractivity contribution in [2.24, 2.45) is 0 Å². The van der Waals surface area contributed by atoms with Crippen molar-refractivity contribution in [1.29, 1.82) is 0 Å². The van der Waals surface area contributed by atoms with Crippen LogP contribution in [0.15, 0.2) is 72.8 Å². The standard InChI is InChI=1S/C30H31NO5S/c32-24(18-20-5-3-7-21(17-20)27-19-22-6-1-2-9-26(22)36-27)12-10-23-11-15-29(33)31(23)16-4-8-25-13-14-28(37-25)30(34)35/h1-3,5-7,9-10,12-14,17,23-24,27,32H,4,8,11,15-16,18-19H2,(H,34,35)/b12-10+/t23?,24-,27?/m1/s1. The Morgan fingerprint density at radius 3 is 2.84 bits per heavy atom. The number of carboxylic acids is 1. The van der Waals surface area contributed by atoms with Crippen LogP contribution in [-0.2, 0) is 24.1 Å². The summed E-state index contributed by atoms with van der Waals surface area (Å²) in [5.41, 5.74) is 3.38. The molecule has 1 amide bonds. The third-order valence-electron chi connectivity index (χ3n) is 7.04. The number of carbonyl (C=O) groups excluding carboxylic acids is 1. The zero-order valence-electron chi connectivity index (χ0n) is 20.6. The molecule has 1 fully saturated rings. The van der Waals surface area contributed by atoms with Crippen LogP contribution in [-0.4, -0.2) is 45.7 Å². The van der Waals surface area contributed by atoms with Gasteiger partial charge < -0.3 is 19.8 Å². The van der Waals surface area contributed by atoms with Crippen LogP contribution in [0, 0.1) is 0 Å². The molecular weight excluding hydrogens is 486 g/mol. The number of nitrogens with zero attached hydrogens (tertiary/aromatic N) is 1. The SMILES string of the molecule is O=C(O)c1ccc(CCCN2C(=O)CCC2/C=C/[C@@H](O)Cc2cccc(C3Cc4ccccc4O3)c2)s1. The molecule has 1 aromatic heterocycles. The average Bonchev–Trinajstić information content (AvgIpc) is 3.62. The summed E-state index contributed by atoms with van der Waals surface area (Å²) in [6, 6.07) is 19.8. The Labute approximate surface area is 220 Å². The minimum Gasteiger partial charge on any atom is -0.485 e. The second kappa shape index (κ2) is 11.3. The number of thiophene rings is 1. The maximum atomic E-state index is 12.4. The number of hydrogen-bond acceptors (Lipinski definition) is 5. The van der Waals surface area contributed by atoms with Gasteiger partial charge in [-0.2, -0.15) is 0 Å². The average molecular weight is 518 g/mol. The molecule has 7 heteroatoms. The van der Waals surface area contributed by atoms with Crippen molar-refractivity contribution < 1.29 is 24.5 Å². The van der Waals surface area contributed by atoms with E-state index in [9.17, 15) is 14.7 Å². The van der Waals surface area contributed by atoms with E-state index in [4.69, 9.17) is 9.84 Å². The maximum Gasteiger partial charge on any atom is 0.345 e. The number of benzene rings is 2. The van der Waals surface area contributed by atoms with Gasteiger partial charge in [-0.3, -0.25) is 4.79 Å². The number of para-hydroxylation sites is 1. The van der Waals surface area contributed by atoms with E-state index >= 15 is 0 Å². The van der Waals surface area contributed by atoms with Crippen LogP contribution >= 0.6 is 11.3 Å². The van der Waals surface area contributed by atoms with E-state index in [-0.39, 0.29) is 18.1 Å². The number of likely N-dealkylation sites (tertiary alicyclic amines) is 1. The number of aliphatic hydroxyl groups excluding tert-OH is 1. The molecule has 3 aromatic rings. The van der Waals surface area contributed by atoms with E-state index in [0.29, 0.717) is 24.3 Å². The van der Waals surface area contributed by atoms with Gasteiger partial charge in [0.25, 0.3) is 0 Å². The van der Waals surface area contributed by atoms with E-state index in [1.165, 1.54) is 16.9 Å². The minimum atomic E-state index is -0.904. The van der Waals surface area contributed by atoms with Crippen molar-refractivity contribution in [3.05, 3.63) is 99.3 Å². The lowest BCUT2D eigenvalue weighted by Gasteiger charge is -2.22. The minimum absolute atomic E-state index is 0.00649. The number of fused-ring (bicyclic) bond motifs is 1. The molecule has 2 aliphatic heterocycles. The van der Waals surface area contributed by atoms with Gasteiger partial charge in [-0.05, 0) is 54.2 Å². The van der Waals surface area contributed by atoms with Gasteiger partial charge in [0.15, 0.2) is 0 Å². The van der Waals surface area contributed by atoms with Gasteiger partial charge in [0.05, 0.1) is 12.1 Å². The molecule has 37 heavy (non-hydrogen) atoms. The second-order valence-electron chi connectivity index (χ2n) is 9.69. The highest BCUT2D eigenvalue weighted by Gasteiger charge is 2.29. The molecule has 2 aliphatic rings. The van der Waals surface area contributed by atoms with Gasteiger partial charge >= 0.3 is 5.97 Å². The molecule has 0 aliphatic carbocycles. The molecule has 0 spiro atoms. The number of aromatic carboxylic acids is 1. The molecule has 192 valence electrons. The summed E-state index contributed by atoms with van der Waals surface area (Å²) in [7, 11) is 0. The first-order valence-electron chi connectivity index (χ1n) is 12.8. The quantitative estimate of drug-likeness (QED) is 0.361. The van der Waals surface area contributed by atoms with Crippen LogP contribution < -0.4 is 4.74 Å². The Hall–Kier alpha value is -3.42. The number of ether oxygens (including phenoxy) is 1. The number of amides is 1. The summed E-state index contributed by atoms with van der Waals surface area (Å²) >= 11 is 1.29. The molecule has 2 N–H and O–H groups in total. The fraction of sp³-hybridized carbons (Fsp3) is 0.333. The molecule has 2 aromatic carbocycles. The van der Waals surface area contributed by atoms with Gasteiger partial charge in [-0.1, -0.05) is 54.6 Å². The Kier molecular flexibility index (Phi) is 7.72. The summed E-state index contributed by atoms with van der Waals surface area (Å²) in [6.07, 6.45) is 7.25. The Balaban J connectivity index is 1.14. The number of hydrogen-bond donors (Lipinski definition) is 2. The van der Waals surface area contributed by atoms with E-state index in [0.717, 1.165) is 47.4 Å². The van der Waals surface area contributed by atoms with Crippen LogP contribution in [0.5, 0.6) is 5.75 Å². The fourth-order valence-corrected chi connectivity index (χ4v) is 6.04. The van der Waals surface area contributed by atoms with Crippen LogP contribution in [0.25, 0.3) is 0 Å². The number of carboxylic acid groups (broad SMARTS) is 1. The van der Waals surface area contributed by atoms with E-state index < -0.39 is 12.1 Å². The molecule has 1 saturated heterocycles. The first-order valence-corrected chi connectivity index (χ1v) is 13.6. The van der Waals surface area contributed by atoms with Gasteiger partial charge in [-0.25, -0.2) is 4.79 Å². The van der Waals surface area contributed by atoms with Crippen LogP contribution in [0.3, 0.4) is 0 Å². The predicted molar refractivity (Wildman–Crippen MR) is 143 cm³/mol. The van der Waals surface area contributed by atoms with Crippen LogP contribution in [0.1, 0.15) is 56.6 Å². The highest BCUT2D eigenvalue weighted by molar-refractivity contribution is 7.13. The predicted octanol–water partition coefficient (Wildman–Crippen LogP) is 5.21. The smallest absolute Gasteiger partial charge is 0.345 e. The van der Waals surface area contributed by atoms with Gasteiger partial charge in [-0.15, -0.1) is 11.3 Å². The second-order valence-corrected chi connectivity index (χ2v) is 10.9. The van der Waals surface area contributed by atoms with E-state index in [1.807, 2.05) is 53.5 Å². The van der Waals surface area contributed by atoms with Crippen LogP contribution in [0.2, 0.25) is 0 Å². The summed E-state index contributed by atoms with van der Waals surface area (Å²) in [5, 5.41) is 19.8. The Morgan fingerprint density at radius 2 is 2.03 bits per heavy atom. The molecule has 0 saturated carbocycles. The lowest BCUT2D eigenvalue weighted by molar-refractivity contribution is -0.128. The number of aliphatic hydroxyl groups is 1. The topological polar surface area (TPSA) is 87.1 Å². The molecule has 2 unspecified atom stereocenters.